The summed E-state index contributed by atoms with van der Waals surface area (Å²) in [4.78, 5) is 11.7. The third kappa shape index (κ3) is 5.96. The van der Waals surface area contributed by atoms with Crippen molar-refractivity contribution in [2.75, 3.05) is 13.1 Å². The normalized spacial score (nSPS) is 13.3. The van der Waals surface area contributed by atoms with E-state index in [1.807, 2.05) is 58.7 Å². The number of hydrogen-bond donors (Lipinski definition) is 0. The molecule has 0 spiro atoms. The number of carbonyl (C=O) groups is 1. The minimum Gasteiger partial charge on any atom is -0.294 e. The molecule has 0 N–H and O–H groups in total. The number of hydrogen-bond acceptors (Lipinski definition) is 3. The van der Waals surface area contributed by atoms with Crippen molar-refractivity contribution in [1.29, 1.82) is 0 Å². The van der Waals surface area contributed by atoms with E-state index in [9.17, 15) is 4.79 Å². The maximum atomic E-state index is 11.7. The number of aryl methyl sites for hydroxylation is 2. The van der Waals surface area contributed by atoms with E-state index >= 15 is 0 Å². The van der Waals surface area contributed by atoms with Gasteiger partial charge in [0.1, 0.15) is 5.69 Å². The molecule has 0 aliphatic carbocycles. The van der Waals surface area contributed by atoms with E-state index in [0.717, 1.165) is 24.2 Å². The lowest BCUT2D eigenvalue weighted by molar-refractivity contribution is 0.101. The highest BCUT2D eigenvalue weighted by Gasteiger charge is 2.12. The fourth-order valence-electron chi connectivity index (χ4n) is 2.26. The van der Waals surface area contributed by atoms with Crippen molar-refractivity contribution in [2.24, 2.45) is 10.3 Å². The molecule has 0 atom stereocenters. The quantitative estimate of drug-likeness (QED) is 0.535. The van der Waals surface area contributed by atoms with Gasteiger partial charge in [-0.25, -0.2) is 0 Å². The van der Waals surface area contributed by atoms with E-state index < -0.39 is 0 Å². The van der Waals surface area contributed by atoms with Gasteiger partial charge in [-0.1, -0.05) is 39.0 Å². The summed E-state index contributed by atoms with van der Waals surface area (Å²) in [7, 11) is 0. The molecule has 0 aromatic heterocycles. The standard InChI is InChI=1S/C14H19N3O.2C2H6/c1-10-8-11(2)14(13(9-10)12(3)18)15-16-17-6-4-5-7-17;2*1-2/h8-9H,4-7H2,1-3H3;2*1-2H3. The van der Waals surface area contributed by atoms with E-state index in [2.05, 4.69) is 10.3 Å². The van der Waals surface area contributed by atoms with Crippen molar-refractivity contribution in [3.63, 3.8) is 0 Å². The first-order valence-electron chi connectivity index (χ1n) is 8.36. The highest BCUT2D eigenvalue weighted by Crippen LogP contribution is 2.27. The monoisotopic (exact) mass is 305 g/mol. The minimum absolute atomic E-state index is 0.0390. The molecule has 0 amide bonds. The van der Waals surface area contributed by atoms with Crippen LogP contribution in [-0.2, 0) is 0 Å². The van der Waals surface area contributed by atoms with Crippen LogP contribution in [0.25, 0.3) is 0 Å². The Hall–Kier alpha value is -1.71. The van der Waals surface area contributed by atoms with Gasteiger partial charge in [-0.15, -0.1) is 5.11 Å². The van der Waals surface area contributed by atoms with Crippen LogP contribution in [0.2, 0.25) is 0 Å². The maximum Gasteiger partial charge on any atom is 0.162 e. The number of rotatable bonds is 3. The van der Waals surface area contributed by atoms with Crippen LogP contribution in [0.1, 0.15) is 68.9 Å². The SMILES string of the molecule is CC.CC.CC(=O)c1cc(C)cc(C)c1N=NN1CCCC1. The molecule has 1 aromatic rings. The molecule has 4 heteroatoms. The molecule has 0 saturated carbocycles. The Kier molecular flexibility index (Phi) is 10.1. The summed E-state index contributed by atoms with van der Waals surface area (Å²) >= 11 is 0. The van der Waals surface area contributed by atoms with Gasteiger partial charge in [0.15, 0.2) is 5.78 Å². The van der Waals surface area contributed by atoms with Crippen molar-refractivity contribution in [1.82, 2.24) is 5.01 Å². The van der Waals surface area contributed by atoms with Crippen LogP contribution in [-0.4, -0.2) is 23.9 Å². The lowest BCUT2D eigenvalue weighted by atomic mass is 10.0. The Morgan fingerprint density at radius 3 is 2.09 bits per heavy atom. The molecule has 1 heterocycles. The molecule has 1 fully saturated rings. The van der Waals surface area contributed by atoms with Crippen molar-refractivity contribution in [3.05, 3.63) is 28.8 Å². The van der Waals surface area contributed by atoms with Gasteiger partial charge in [-0.3, -0.25) is 9.80 Å². The van der Waals surface area contributed by atoms with E-state index in [-0.39, 0.29) is 5.78 Å². The molecule has 0 bridgehead atoms. The first-order valence-corrected chi connectivity index (χ1v) is 8.36. The fraction of sp³-hybridized carbons (Fsp3) is 0.611. The first kappa shape index (κ1) is 20.3. The summed E-state index contributed by atoms with van der Waals surface area (Å²) in [6, 6.07) is 3.92. The summed E-state index contributed by atoms with van der Waals surface area (Å²) in [5, 5.41) is 10.5. The highest BCUT2D eigenvalue weighted by atomic mass is 16.1. The van der Waals surface area contributed by atoms with Gasteiger partial charge in [-0.2, -0.15) is 0 Å². The molecule has 1 aromatic carbocycles. The van der Waals surface area contributed by atoms with Gasteiger partial charge in [0.2, 0.25) is 0 Å². The Labute approximate surface area is 135 Å². The van der Waals surface area contributed by atoms with E-state index in [1.165, 1.54) is 12.8 Å². The Bertz CT molecular complexity index is 489. The zero-order valence-electron chi connectivity index (χ0n) is 15.2. The molecule has 22 heavy (non-hydrogen) atoms. The summed E-state index contributed by atoms with van der Waals surface area (Å²) < 4.78 is 0. The van der Waals surface area contributed by atoms with Crippen molar-refractivity contribution < 1.29 is 4.79 Å². The summed E-state index contributed by atoms with van der Waals surface area (Å²) in [5.41, 5.74) is 3.46. The van der Waals surface area contributed by atoms with Crippen molar-refractivity contribution >= 4 is 11.5 Å². The molecule has 0 radical (unpaired) electrons. The molecular weight excluding hydrogens is 274 g/mol. The predicted molar refractivity (Wildman–Crippen MR) is 93.9 cm³/mol. The third-order valence-corrected chi connectivity index (χ3v) is 3.18. The van der Waals surface area contributed by atoms with E-state index in [4.69, 9.17) is 0 Å². The number of nitrogens with zero attached hydrogens (tertiary/aromatic N) is 3. The van der Waals surface area contributed by atoms with Crippen LogP contribution in [0, 0.1) is 13.8 Å². The van der Waals surface area contributed by atoms with Crippen LogP contribution in [0.4, 0.5) is 5.69 Å². The van der Waals surface area contributed by atoms with Gasteiger partial charge >= 0.3 is 0 Å². The third-order valence-electron chi connectivity index (χ3n) is 3.18. The average molecular weight is 305 g/mol. The van der Waals surface area contributed by atoms with Gasteiger partial charge < -0.3 is 0 Å². The lowest BCUT2D eigenvalue weighted by Crippen LogP contribution is -2.09. The van der Waals surface area contributed by atoms with Gasteiger partial charge in [-0.05, 0) is 50.8 Å². The van der Waals surface area contributed by atoms with Crippen LogP contribution >= 0.6 is 0 Å². The maximum absolute atomic E-state index is 11.7. The second-order valence-corrected chi connectivity index (χ2v) is 4.88. The molecule has 1 saturated heterocycles. The van der Waals surface area contributed by atoms with Gasteiger partial charge in [0, 0.05) is 18.7 Å². The topological polar surface area (TPSA) is 45.0 Å². The average Bonchev–Trinajstić information content (AvgIpc) is 3.03. The lowest BCUT2D eigenvalue weighted by Gasteiger charge is -2.10. The molecule has 124 valence electrons. The molecule has 1 aliphatic heterocycles. The number of carbonyl (C=O) groups excluding carboxylic acids is 1. The molecular formula is C18H31N3O. The smallest absolute Gasteiger partial charge is 0.162 e. The van der Waals surface area contributed by atoms with Crippen molar-refractivity contribution in [2.45, 2.75) is 61.3 Å². The minimum atomic E-state index is 0.0390. The first-order chi connectivity index (χ1) is 10.6. The number of benzene rings is 1. The zero-order chi connectivity index (χ0) is 17.1. The summed E-state index contributed by atoms with van der Waals surface area (Å²) in [6.07, 6.45) is 2.34. The zero-order valence-corrected chi connectivity index (χ0v) is 15.2. The number of ketones is 1. The second-order valence-electron chi connectivity index (χ2n) is 4.88. The molecule has 4 nitrogen and oxygen atoms in total. The van der Waals surface area contributed by atoms with Crippen LogP contribution in [0.5, 0.6) is 0 Å². The summed E-state index contributed by atoms with van der Waals surface area (Å²) in [5.74, 6) is 0.0390. The Morgan fingerprint density at radius 2 is 1.59 bits per heavy atom. The van der Waals surface area contributed by atoms with Crippen LogP contribution in [0.3, 0.4) is 0 Å². The van der Waals surface area contributed by atoms with Gasteiger partial charge in [0.25, 0.3) is 0 Å². The Morgan fingerprint density at radius 1 is 1.05 bits per heavy atom. The van der Waals surface area contributed by atoms with Crippen molar-refractivity contribution in [3.8, 4) is 0 Å². The largest absolute Gasteiger partial charge is 0.294 e. The second kappa shape index (κ2) is 10.9. The van der Waals surface area contributed by atoms with Gasteiger partial charge in [0.05, 0.1) is 0 Å². The summed E-state index contributed by atoms with van der Waals surface area (Å²) in [6.45, 7) is 15.5. The van der Waals surface area contributed by atoms with Crippen LogP contribution in [0.15, 0.2) is 22.5 Å². The van der Waals surface area contributed by atoms with E-state index in [1.54, 1.807) is 6.92 Å². The highest BCUT2D eigenvalue weighted by molar-refractivity contribution is 5.99. The van der Waals surface area contributed by atoms with Crippen LogP contribution < -0.4 is 0 Å². The molecule has 2 rings (SSSR count). The molecule has 0 unspecified atom stereocenters. The Balaban J connectivity index is 0.00000102. The number of Topliss-reactive ketones (excluding diaryl/α,β-unsaturated/α-hetero) is 1. The predicted octanol–water partition coefficient (Wildman–Crippen LogP) is 5.65. The molecule has 1 aliphatic rings. The fourth-order valence-corrected chi connectivity index (χ4v) is 2.26. The van der Waals surface area contributed by atoms with E-state index in [0.29, 0.717) is 11.3 Å².